The van der Waals surface area contributed by atoms with Gasteiger partial charge in [-0.1, -0.05) is 18.5 Å². The predicted octanol–water partition coefficient (Wildman–Crippen LogP) is 4.66. The van der Waals surface area contributed by atoms with E-state index in [0.717, 1.165) is 35.5 Å². The highest BCUT2D eigenvalue weighted by Crippen LogP contribution is 2.26. The van der Waals surface area contributed by atoms with E-state index in [1.165, 1.54) is 6.39 Å². The molecule has 3 N–H and O–H groups in total. The molecule has 0 fully saturated rings. The van der Waals surface area contributed by atoms with Crippen molar-refractivity contribution in [3.8, 4) is 17.5 Å². The van der Waals surface area contributed by atoms with Gasteiger partial charge in [-0.05, 0) is 55.3 Å². The van der Waals surface area contributed by atoms with Crippen LogP contribution in [0.5, 0.6) is 0 Å². The Morgan fingerprint density at radius 1 is 1.23 bits per heavy atom. The van der Waals surface area contributed by atoms with E-state index in [4.69, 9.17) is 27.0 Å². The second-order valence-corrected chi connectivity index (χ2v) is 5.88. The molecule has 3 aromatic rings. The lowest BCUT2D eigenvalue weighted by molar-refractivity contribution is 0.568. The van der Waals surface area contributed by atoms with Gasteiger partial charge in [0.15, 0.2) is 0 Å². The SMILES string of the molecule is CCCNc1ccc(C#N)c(Cl)c1C.Nc1ccc(-c2nnco2)cc1. The first-order chi connectivity index (χ1) is 12.6. The molecule has 6 nitrogen and oxygen atoms in total. The van der Waals surface area contributed by atoms with Crippen molar-refractivity contribution in [3.05, 3.63) is 58.9 Å². The summed E-state index contributed by atoms with van der Waals surface area (Å²) in [5.41, 5.74) is 9.60. The van der Waals surface area contributed by atoms with Crippen molar-refractivity contribution in [1.82, 2.24) is 10.2 Å². The summed E-state index contributed by atoms with van der Waals surface area (Å²) in [7, 11) is 0. The summed E-state index contributed by atoms with van der Waals surface area (Å²) in [5.74, 6) is 0.509. The third-order valence-electron chi connectivity index (χ3n) is 3.59. The van der Waals surface area contributed by atoms with Crippen LogP contribution in [0.2, 0.25) is 5.02 Å². The summed E-state index contributed by atoms with van der Waals surface area (Å²) >= 11 is 6.01. The molecule has 0 amide bonds. The molecule has 7 heteroatoms. The Balaban J connectivity index is 0.000000189. The Morgan fingerprint density at radius 2 is 1.96 bits per heavy atom. The third-order valence-corrected chi connectivity index (χ3v) is 4.08. The van der Waals surface area contributed by atoms with Gasteiger partial charge in [-0.15, -0.1) is 10.2 Å². The van der Waals surface area contributed by atoms with Gasteiger partial charge in [0.2, 0.25) is 12.3 Å². The lowest BCUT2D eigenvalue weighted by Crippen LogP contribution is -2.02. The number of nitrogens with two attached hydrogens (primary N) is 1. The minimum atomic E-state index is 0.509. The zero-order valence-electron chi connectivity index (χ0n) is 14.7. The van der Waals surface area contributed by atoms with Crippen molar-refractivity contribution in [2.24, 2.45) is 0 Å². The van der Waals surface area contributed by atoms with Crippen molar-refractivity contribution in [1.29, 1.82) is 5.26 Å². The van der Waals surface area contributed by atoms with Crippen LogP contribution in [0.25, 0.3) is 11.5 Å². The summed E-state index contributed by atoms with van der Waals surface area (Å²) < 4.78 is 5.00. The van der Waals surface area contributed by atoms with Crippen LogP contribution in [0.4, 0.5) is 11.4 Å². The molecule has 0 unspecified atom stereocenters. The molecular formula is C19H20ClN5O. The lowest BCUT2D eigenvalue weighted by Gasteiger charge is -2.10. The summed E-state index contributed by atoms with van der Waals surface area (Å²) in [6.45, 7) is 4.94. The number of hydrogen-bond donors (Lipinski definition) is 2. The van der Waals surface area contributed by atoms with Gasteiger partial charge in [-0.3, -0.25) is 0 Å². The fourth-order valence-electron chi connectivity index (χ4n) is 2.15. The molecule has 0 aliphatic heterocycles. The summed E-state index contributed by atoms with van der Waals surface area (Å²) in [5, 5.41) is 19.9. The van der Waals surface area contributed by atoms with E-state index in [2.05, 4.69) is 28.5 Å². The second kappa shape index (κ2) is 9.44. The smallest absolute Gasteiger partial charge is 0.247 e. The van der Waals surface area contributed by atoms with Gasteiger partial charge in [0.1, 0.15) is 6.07 Å². The second-order valence-electron chi connectivity index (χ2n) is 5.50. The van der Waals surface area contributed by atoms with Gasteiger partial charge in [-0.25, -0.2) is 0 Å². The van der Waals surface area contributed by atoms with Crippen LogP contribution in [-0.4, -0.2) is 16.7 Å². The van der Waals surface area contributed by atoms with Gasteiger partial charge in [0.25, 0.3) is 0 Å². The fourth-order valence-corrected chi connectivity index (χ4v) is 2.35. The third kappa shape index (κ3) is 4.98. The summed E-state index contributed by atoms with van der Waals surface area (Å²) in [6.07, 6.45) is 2.36. The number of nitrogen functional groups attached to an aromatic ring is 1. The van der Waals surface area contributed by atoms with Crippen molar-refractivity contribution in [3.63, 3.8) is 0 Å². The first-order valence-corrected chi connectivity index (χ1v) is 8.49. The molecule has 0 atom stereocenters. The van der Waals surface area contributed by atoms with E-state index >= 15 is 0 Å². The molecule has 3 rings (SSSR count). The van der Waals surface area contributed by atoms with Gasteiger partial charge in [0.05, 0.1) is 10.6 Å². The quantitative estimate of drug-likeness (QED) is 0.648. The molecule has 0 aliphatic carbocycles. The van der Waals surface area contributed by atoms with Gasteiger partial charge in [-0.2, -0.15) is 5.26 Å². The van der Waals surface area contributed by atoms with Crippen molar-refractivity contribution in [2.45, 2.75) is 20.3 Å². The van der Waals surface area contributed by atoms with E-state index in [1.54, 1.807) is 18.2 Å². The van der Waals surface area contributed by atoms with E-state index < -0.39 is 0 Å². The Bertz CT molecular complexity index is 870. The number of nitriles is 1. The van der Waals surface area contributed by atoms with E-state index in [-0.39, 0.29) is 0 Å². The van der Waals surface area contributed by atoms with Crippen LogP contribution < -0.4 is 11.1 Å². The molecule has 0 aliphatic rings. The minimum absolute atomic E-state index is 0.509. The van der Waals surface area contributed by atoms with E-state index in [9.17, 15) is 0 Å². The monoisotopic (exact) mass is 369 g/mol. The van der Waals surface area contributed by atoms with Crippen LogP contribution in [0.15, 0.2) is 47.2 Å². The normalized spacial score (nSPS) is 9.77. The number of rotatable bonds is 4. The molecule has 1 heterocycles. The van der Waals surface area contributed by atoms with Gasteiger partial charge < -0.3 is 15.5 Å². The van der Waals surface area contributed by atoms with Crippen LogP contribution in [0.3, 0.4) is 0 Å². The maximum atomic E-state index is 8.75. The van der Waals surface area contributed by atoms with Crippen LogP contribution >= 0.6 is 11.6 Å². The van der Waals surface area contributed by atoms with Crippen molar-refractivity contribution >= 4 is 23.0 Å². The predicted molar refractivity (Wildman–Crippen MR) is 104 cm³/mol. The Kier molecular flexibility index (Phi) is 7.01. The van der Waals surface area contributed by atoms with Gasteiger partial charge >= 0.3 is 0 Å². The molecule has 0 saturated heterocycles. The molecule has 26 heavy (non-hydrogen) atoms. The maximum absolute atomic E-state index is 8.75. The average Bonchev–Trinajstić information content (AvgIpc) is 3.19. The lowest BCUT2D eigenvalue weighted by atomic mass is 10.1. The van der Waals surface area contributed by atoms with Crippen LogP contribution in [0, 0.1) is 18.3 Å². The maximum Gasteiger partial charge on any atom is 0.247 e. The number of nitrogens with zero attached hydrogens (tertiary/aromatic N) is 3. The Morgan fingerprint density at radius 3 is 2.54 bits per heavy atom. The number of nitrogens with one attached hydrogen (secondary N) is 1. The molecule has 0 bridgehead atoms. The highest BCUT2D eigenvalue weighted by molar-refractivity contribution is 6.32. The largest absolute Gasteiger partial charge is 0.423 e. The first-order valence-electron chi connectivity index (χ1n) is 8.12. The highest BCUT2D eigenvalue weighted by atomic mass is 35.5. The number of hydrogen-bond acceptors (Lipinski definition) is 6. The molecule has 0 saturated carbocycles. The van der Waals surface area contributed by atoms with E-state index in [1.807, 2.05) is 25.1 Å². The van der Waals surface area contributed by atoms with Crippen LogP contribution in [-0.2, 0) is 0 Å². The molecule has 1 aromatic heterocycles. The number of halogens is 1. The Hall–Kier alpha value is -3.04. The van der Waals surface area contributed by atoms with Crippen LogP contribution in [0.1, 0.15) is 24.5 Å². The highest BCUT2D eigenvalue weighted by Gasteiger charge is 2.06. The Labute approximate surface area is 157 Å². The zero-order chi connectivity index (χ0) is 18.9. The number of anilines is 2. The fraction of sp³-hybridized carbons (Fsp3) is 0.211. The standard InChI is InChI=1S/C11H13ClN2.C8H7N3O/c1-3-6-14-10-5-4-9(7-13)11(12)8(10)2;9-7-3-1-6(2-4-7)8-11-10-5-12-8/h4-5,14H,3,6H2,1-2H3;1-5H,9H2. The molecule has 134 valence electrons. The summed E-state index contributed by atoms with van der Waals surface area (Å²) in [4.78, 5) is 0. The molecule has 2 aromatic carbocycles. The molecule has 0 radical (unpaired) electrons. The average molecular weight is 370 g/mol. The minimum Gasteiger partial charge on any atom is -0.423 e. The zero-order valence-corrected chi connectivity index (χ0v) is 15.4. The number of benzene rings is 2. The first kappa shape index (κ1) is 19.3. The topological polar surface area (TPSA) is 101 Å². The molecule has 0 spiro atoms. The van der Waals surface area contributed by atoms with Crippen molar-refractivity contribution < 1.29 is 4.42 Å². The van der Waals surface area contributed by atoms with E-state index in [0.29, 0.717) is 16.5 Å². The van der Waals surface area contributed by atoms with Gasteiger partial charge in [0, 0.05) is 23.5 Å². The molecular weight excluding hydrogens is 350 g/mol. The van der Waals surface area contributed by atoms with Crippen molar-refractivity contribution in [2.75, 3.05) is 17.6 Å². The number of aromatic nitrogens is 2. The summed E-state index contributed by atoms with van der Waals surface area (Å²) in [6, 6.07) is 13.0.